The van der Waals surface area contributed by atoms with Gasteiger partial charge < -0.3 is 4.57 Å². The van der Waals surface area contributed by atoms with Crippen molar-refractivity contribution in [3.05, 3.63) is 108 Å². The van der Waals surface area contributed by atoms with Crippen LogP contribution in [0.25, 0.3) is 44.2 Å². The predicted octanol–water partition coefficient (Wildman–Crippen LogP) is 9.31. The van der Waals surface area contributed by atoms with Gasteiger partial charge in [0.25, 0.3) is 0 Å². The Hall–Kier alpha value is -3.58. The van der Waals surface area contributed by atoms with Gasteiger partial charge in [0.05, 0.1) is 11.2 Å². The summed E-state index contributed by atoms with van der Waals surface area (Å²) in [4.78, 5) is 0. The van der Waals surface area contributed by atoms with Crippen molar-refractivity contribution >= 4 is 27.2 Å². The first kappa shape index (κ1) is 21.3. The molecular weight excluding hydrogens is 398 g/mol. The van der Waals surface area contributed by atoms with E-state index in [-0.39, 0.29) is 0 Å². The molecule has 1 unspecified atom stereocenters. The predicted molar refractivity (Wildman–Crippen MR) is 144 cm³/mol. The SMILES string of the molecule is C=C(C)c1ccc(-n2c(-c3ccc4ccccc4c3C)c(C(C)CC)c3ccccc32)cc1. The van der Waals surface area contributed by atoms with Crippen LogP contribution in [-0.4, -0.2) is 4.57 Å². The van der Waals surface area contributed by atoms with Gasteiger partial charge in [-0.2, -0.15) is 0 Å². The van der Waals surface area contributed by atoms with Crippen molar-refractivity contribution in [3.63, 3.8) is 0 Å². The van der Waals surface area contributed by atoms with E-state index >= 15 is 0 Å². The lowest BCUT2D eigenvalue weighted by Crippen LogP contribution is -2.02. The van der Waals surface area contributed by atoms with Crippen LogP contribution in [0.2, 0.25) is 0 Å². The molecule has 1 nitrogen and oxygen atoms in total. The van der Waals surface area contributed by atoms with Gasteiger partial charge in [-0.15, -0.1) is 0 Å². The molecule has 5 rings (SSSR count). The van der Waals surface area contributed by atoms with Gasteiger partial charge in [0.1, 0.15) is 0 Å². The minimum Gasteiger partial charge on any atom is -0.309 e. The molecule has 1 aromatic heterocycles. The fourth-order valence-corrected chi connectivity index (χ4v) is 5.08. The summed E-state index contributed by atoms with van der Waals surface area (Å²) < 4.78 is 2.47. The second kappa shape index (κ2) is 8.41. The highest BCUT2D eigenvalue weighted by Crippen LogP contribution is 2.43. The highest BCUT2D eigenvalue weighted by atomic mass is 15.0. The summed E-state index contributed by atoms with van der Waals surface area (Å²) in [6.07, 6.45) is 1.10. The van der Waals surface area contributed by atoms with Crippen molar-refractivity contribution in [3.8, 4) is 16.9 Å². The summed E-state index contributed by atoms with van der Waals surface area (Å²) in [6, 6.07) is 31.0. The molecule has 0 aliphatic heterocycles. The minimum absolute atomic E-state index is 0.451. The second-order valence-electron chi connectivity index (χ2n) is 9.21. The first-order chi connectivity index (χ1) is 16.0. The van der Waals surface area contributed by atoms with E-state index in [1.807, 2.05) is 0 Å². The lowest BCUT2D eigenvalue weighted by Gasteiger charge is -2.19. The maximum absolute atomic E-state index is 4.11. The smallest absolute Gasteiger partial charge is 0.0578 e. The van der Waals surface area contributed by atoms with Crippen LogP contribution in [0, 0.1) is 6.92 Å². The molecule has 1 heterocycles. The normalized spacial score (nSPS) is 12.4. The first-order valence-electron chi connectivity index (χ1n) is 11.9. The van der Waals surface area contributed by atoms with Crippen LogP contribution < -0.4 is 0 Å². The number of rotatable bonds is 5. The van der Waals surface area contributed by atoms with E-state index in [2.05, 4.69) is 124 Å². The molecule has 0 amide bonds. The molecule has 0 aliphatic rings. The Morgan fingerprint density at radius 2 is 1.52 bits per heavy atom. The molecule has 0 saturated carbocycles. The highest BCUT2D eigenvalue weighted by Gasteiger charge is 2.24. The van der Waals surface area contributed by atoms with Crippen LogP contribution >= 0.6 is 0 Å². The Morgan fingerprint density at radius 1 is 0.848 bits per heavy atom. The van der Waals surface area contributed by atoms with E-state index in [0.717, 1.165) is 12.0 Å². The quantitative estimate of drug-likeness (QED) is 0.262. The summed E-state index contributed by atoms with van der Waals surface area (Å²) in [5.74, 6) is 0.451. The Bertz CT molecular complexity index is 1480. The van der Waals surface area contributed by atoms with Crippen molar-refractivity contribution in [1.29, 1.82) is 0 Å². The number of allylic oxidation sites excluding steroid dienone is 1. The summed E-state index contributed by atoms with van der Waals surface area (Å²) in [5.41, 5.74) is 10.1. The van der Waals surface area contributed by atoms with Gasteiger partial charge in [-0.25, -0.2) is 0 Å². The molecule has 0 saturated heterocycles. The van der Waals surface area contributed by atoms with Gasteiger partial charge in [-0.3, -0.25) is 0 Å². The maximum atomic E-state index is 4.11. The van der Waals surface area contributed by atoms with Crippen LogP contribution in [0.5, 0.6) is 0 Å². The molecule has 0 radical (unpaired) electrons. The van der Waals surface area contributed by atoms with Gasteiger partial charge in [0.2, 0.25) is 0 Å². The van der Waals surface area contributed by atoms with E-state index < -0.39 is 0 Å². The fraction of sp³-hybridized carbons (Fsp3) is 0.188. The second-order valence-corrected chi connectivity index (χ2v) is 9.21. The molecule has 1 atom stereocenters. The Balaban J connectivity index is 1.90. The Morgan fingerprint density at radius 3 is 2.21 bits per heavy atom. The maximum Gasteiger partial charge on any atom is 0.0578 e. The number of hydrogen-bond donors (Lipinski definition) is 0. The zero-order valence-electron chi connectivity index (χ0n) is 20.0. The monoisotopic (exact) mass is 429 g/mol. The summed E-state index contributed by atoms with van der Waals surface area (Å²) >= 11 is 0. The van der Waals surface area contributed by atoms with Gasteiger partial charge in [0.15, 0.2) is 0 Å². The van der Waals surface area contributed by atoms with E-state index in [4.69, 9.17) is 0 Å². The molecule has 0 aliphatic carbocycles. The Labute approximate surface area is 197 Å². The first-order valence-corrected chi connectivity index (χ1v) is 11.9. The third-order valence-corrected chi connectivity index (χ3v) is 7.09. The Kier molecular flexibility index (Phi) is 5.42. The number of para-hydroxylation sites is 1. The van der Waals surface area contributed by atoms with Crippen molar-refractivity contribution in [1.82, 2.24) is 4.57 Å². The van der Waals surface area contributed by atoms with Gasteiger partial charge >= 0.3 is 0 Å². The molecule has 0 bridgehead atoms. The van der Waals surface area contributed by atoms with Crippen molar-refractivity contribution in [2.75, 3.05) is 0 Å². The summed E-state index contributed by atoms with van der Waals surface area (Å²) in [7, 11) is 0. The van der Waals surface area contributed by atoms with Crippen LogP contribution in [0.4, 0.5) is 0 Å². The minimum atomic E-state index is 0.451. The fourth-order valence-electron chi connectivity index (χ4n) is 5.08. The molecule has 5 aromatic rings. The number of hydrogen-bond acceptors (Lipinski definition) is 0. The average Bonchev–Trinajstić information content (AvgIpc) is 3.19. The molecule has 0 N–H and O–H groups in total. The number of aromatic nitrogens is 1. The van der Waals surface area contributed by atoms with Crippen LogP contribution in [-0.2, 0) is 0 Å². The van der Waals surface area contributed by atoms with Gasteiger partial charge in [-0.05, 0) is 71.8 Å². The average molecular weight is 430 g/mol. The zero-order chi connectivity index (χ0) is 23.1. The van der Waals surface area contributed by atoms with Gasteiger partial charge in [0, 0.05) is 16.6 Å². The third-order valence-electron chi connectivity index (χ3n) is 7.09. The van der Waals surface area contributed by atoms with E-state index in [0.29, 0.717) is 5.92 Å². The lowest BCUT2D eigenvalue weighted by molar-refractivity contribution is 0.739. The molecule has 0 fully saturated rings. The lowest BCUT2D eigenvalue weighted by atomic mass is 9.90. The van der Waals surface area contributed by atoms with Crippen molar-refractivity contribution in [2.24, 2.45) is 0 Å². The number of fused-ring (bicyclic) bond motifs is 2. The zero-order valence-corrected chi connectivity index (χ0v) is 20.0. The number of aryl methyl sites for hydroxylation is 1. The van der Waals surface area contributed by atoms with Crippen molar-refractivity contribution in [2.45, 2.75) is 40.0 Å². The topological polar surface area (TPSA) is 4.93 Å². The van der Waals surface area contributed by atoms with Crippen molar-refractivity contribution < 1.29 is 0 Å². The van der Waals surface area contributed by atoms with E-state index in [9.17, 15) is 0 Å². The standard InChI is InChI=1S/C32H31N/c1-6-22(4)31-29-13-9-10-14-30(29)33(26-18-15-24(16-19-26)21(2)3)32(31)28-20-17-25-11-7-8-12-27(25)23(28)5/h7-20,22H,2,6H2,1,3-5H3. The molecule has 1 heteroatoms. The van der Waals surface area contributed by atoms with E-state index in [1.165, 1.54) is 55.3 Å². The summed E-state index contributed by atoms with van der Waals surface area (Å²) in [6.45, 7) is 13.1. The molecular formula is C32H31N. The molecule has 4 aromatic carbocycles. The van der Waals surface area contributed by atoms with Crippen LogP contribution in [0.3, 0.4) is 0 Å². The molecule has 164 valence electrons. The van der Waals surface area contributed by atoms with Gasteiger partial charge in [-0.1, -0.05) is 92.7 Å². The number of benzene rings is 4. The third kappa shape index (κ3) is 3.49. The largest absolute Gasteiger partial charge is 0.309 e. The van der Waals surface area contributed by atoms with Crippen LogP contribution in [0.15, 0.2) is 91.5 Å². The summed E-state index contributed by atoms with van der Waals surface area (Å²) in [5, 5.41) is 3.95. The molecule has 33 heavy (non-hydrogen) atoms. The van der Waals surface area contributed by atoms with E-state index in [1.54, 1.807) is 0 Å². The van der Waals surface area contributed by atoms with Crippen LogP contribution in [0.1, 0.15) is 49.8 Å². The highest BCUT2D eigenvalue weighted by molar-refractivity contribution is 5.98. The number of nitrogens with zero attached hydrogens (tertiary/aromatic N) is 1. The molecule has 0 spiro atoms.